The van der Waals surface area contributed by atoms with E-state index in [1.54, 1.807) is 19.2 Å². The van der Waals surface area contributed by atoms with Gasteiger partial charge in [0, 0.05) is 35.6 Å². The molecule has 3 aromatic carbocycles. The Morgan fingerprint density at radius 1 is 1.03 bits per heavy atom. The van der Waals surface area contributed by atoms with Gasteiger partial charge >= 0.3 is 6.03 Å². The Morgan fingerprint density at radius 2 is 1.84 bits per heavy atom. The number of amides is 3. The molecule has 3 aromatic rings. The van der Waals surface area contributed by atoms with Crippen LogP contribution in [0.5, 0.6) is 5.75 Å². The third-order valence-electron chi connectivity index (χ3n) is 5.39. The van der Waals surface area contributed by atoms with Crippen LogP contribution in [0.15, 0.2) is 72.8 Å². The van der Waals surface area contributed by atoms with E-state index >= 15 is 0 Å². The van der Waals surface area contributed by atoms with Crippen LogP contribution < -0.4 is 20.3 Å². The van der Waals surface area contributed by atoms with Gasteiger partial charge < -0.3 is 20.3 Å². The van der Waals surface area contributed by atoms with Gasteiger partial charge in [-0.1, -0.05) is 36.4 Å². The Morgan fingerprint density at radius 3 is 2.61 bits per heavy atom. The van der Waals surface area contributed by atoms with Crippen LogP contribution in [0.25, 0.3) is 0 Å². The number of ether oxygens (including phenoxy) is 1. The first kappa shape index (κ1) is 20.5. The summed E-state index contributed by atoms with van der Waals surface area (Å²) in [6.45, 7) is 2.41. The molecule has 1 heterocycles. The highest BCUT2D eigenvalue weighted by Crippen LogP contribution is 2.34. The molecule has 3 amide bonds. The van der Waals surface area contributed by atoms with Crippen molar-refractivity contribution in [1.29, 1.82) is 0 Å². The zero-order valence-electron chi connectivity index (χ0n) is 17.6. The first-order valence-electron chi connectivity index (χ1n) is 10.2. The van der Waals surface area contributed by atoms with Gasteiger partial charge in [0.15, 0.2) is 0 Å². The van der Waals surface area contributed by atoms with Gasteiger partial charge in [-0.05, 0) is 54.8 Å². The van der Waals surface area contributed by atoms with Crippen LogP contribution in [0.1, 0.15) is 28.4 Å². The number of nitrogens with zero attached hydrogens (tertiary/aromatic N) is 1. The largest absolute Gasteiger partial charge is 0.497 e. The molecular weight excluding hydrogens is 390 g/mol. The third kappa shape index (κ3) is 4.53. The first-order chi connectivity index (χ1) is 15.0. The number of hydrogen-bond acceptors (Lipinski definition) is 3. The third-order valence-corrected chi connectivity index (χ3v) is 5.39. The topological polar surface area (TPSA) is 70.7 Å². The summed E-state index contributed by atoms with van der Waals surface area (Å²) in [4.78, 5) is 27.2. The molecule has 1 atom stereocenters. The van der Waals surface area contributed by atoms with E-state index in [0.717, 1.165) is 23.2 Å². The molecule has 0 radical (unpaired) electrons. The summed E-state index contributed by atoms with van der Waals surface area (Å²) in [5.41, 5.74) is 4.30. The zero-order chi connectivity index (χ0) is 21.8. The minimum atomic E-state index is -0.306. The number of fused-ring (bicyclic) bond motifs is 1. The van der Waals surface area contributed by atoms with Crippen LogP contribution in [-0.4, -0.2) is 25.1 Å². The minimum absolute atomic E-state index is 0.00673. The van der Waals surface area contributed by atoms with Gasteiger partial charge in [-0.2, -0.15) is 0 Å². The number of anilines is 2. The highest BCUT2D eigenvalue weighted by Gasteiger charge is 2.31. The van der Waals surface area contributed by atoms with Crippen molar-refractivity contribution in [3.63, 3.8) is 0 Å². The highest BCUT2D eigenvalue weighted by atomic mass is 16.5. The molecular formula is C25H25N3O3. The lowest BCUT2D eigenvalue weighted by Gasteiger charge is -2.23. The second kappa shape index (κ2) is 8.92. The summed E-state index contributed by atoms with van der Waals surface area (Å²) >= 11 is 0. The fourth-order valence-electron chi connectivity index (χ4n) is 3.85. The molecule has 0 bridgehead atoms. The van der Waals surface area contributed by atoms with Crippen LogP contribution in [-0.2, 0) is 13.0 Å². The number of carbonyl (C=O) groups excluding carboxylic acids is 2. The summed E-state index contributed by atoms with van der Waals surface area (Å²) < 4.78 is 5.17. The minimum Gasteiger partial charge on any atom is -0.497 e. The van der Waals surface area contributed by atoms with Crippen molar-refractivity contribution in [3.05, 3.63) is 89.5 Å². The molecule has 0 aromatic heterocycles. The molecule has 31 heavy (non-hydrogen) atoms. The van der Waals surface area contributed by atoms with Gasteiger partial charge in [-0.15, -0.1) is 0 Å². The van der Waals surface area contributed by atoms with E-state index in [0.29, 0.717) is 23.5 Å². The lowest BCUT2D eigenvalue weighted by molar-refractivity contribution is 0.0981. The molecule has 0 saturated carbocycles. The normalized spacial score (nSPS) is 14.6. The van der Waals surface area contributed by atoms with Gasteiger partial charge in [-0.25, -0.2) is 4.79 Å². The van der Waals surface area contributed by atoms with E-state index in [4.69, 9.17) is 4.74 Å². The van der Waals surface area contributed by atoms with Gasteiger partial charge in [-0.3, -0.25) is 4.79 Å². The van der Waals surface area contributed by atoms with Crippen LogP contribution >= 0.6 is 0 Å². The number of methoxy groups -OCH3 is 1. The molecule has 0 spiro atoms. The van der Waals surface area contributed by atoms with Crippen LogP contribution in [0.4, 0.5) is 16.2 Å². The number of benzene rings is 3. The van der Waals surface area contributed by atoms with Crippen molar-refractivity contribution >= 4 is 23.3 Å². The van der Waals surface area contributed by atoms with Gasteiger partial charge in [0.25, 0.3) is 5.91 Å². The number of carbonyl (C=O) groups is 2. The predicted octanol–water partition coefficient (Wildman–Crippen LogP) is 4.61. The van der Waals surface area contributed by atoms with E-state index in [1.807, 2.05) is 65.6 Å². The SMILES string of the molecule is COc1cccc(NC(=O)NCc2ccc3c(c2)N(C(=O)c2ccccc2)C(C)C3)c1. The molecule has 0 fully saturated rings. The Hall–Kier alpha value is -3.80. The Bertz CT molecular complexity index is 1100. The Labute approximate surface area is 181 Å². The average Bonchev–Trinajstić information content (AvgIpc) is 3.12. The van der Waals surface area contributed by atoms with Crippen molar-refractivity contribution < 1.29 is 14.3 Å². The van der Waals surface area contributed by atoms with E-state index in [-0.39, 0.29) is 18.0 Å². The molecule has 6 heteroatoms. The van der Waals surface area contributed by atoms with E-state index in [9.17, 15) is 9.59 Å². The maximum Gasteiger partial charge on any atom is 0.319 e. The van der Waals surface area contributed by atoms with Crippen molar-refractivity contribution in [3.8, 4) is 5.75 Å². The number of hydrogen-bond donors (Lipinski definition) is 2. The van der Waals surface area contributed by atoms with Crippen molar-refractivity contribution in [2.75, 3.05) is 17.3 Å². The summed E-state index contributed by atoms with van der Waals surface area (Å²) in [6.07, 6.45) is 0.817. The monoisotopic (exact) mass is 415 g/mol. The molecule has 0 saturated heterocycles. The van der Waals surface area contributed by atoms with Crippen LogP contribution in [0, 0.1) is 0 Å². The molecule has 4 rings (SSSR count). The van der Waals surface area contributed by atoms with E-state index in [1.165, 1.54) is 0 Å². The molecule has 1 aliphatic heterocycles. The maximum absolute atomic E-state index is 13.1. The number of nitrogens with one attached hydrogen (secondary N) is 2. The summed E-state index contributed by atoms with van der Waals surface area (Å²) in [5.74, 6) is 0.668. The molecule has 2 N–H and O–H groups in total. The number of rotatable bonds is 5. The van der Waals surface area contributed by atoms with Crippen molar-refractivity contribution in [2.24, 2.45) is 0 Å². The molecule has 1 unspecified atom stereocenters. The molecule has 0 aliphatic carbocycles. The molecule has 158 valence electrons. The van der Waals surface area contributed by atoms with E-state index < -0.39 is 0 Å². The second-order valence-electron chi connectivity index (χ2n) is 7.60. The lowest BCUT2D eigenvalue weighted by atomic mass is 10.1. The standard InChI is InChI=1S/C25H25N3O3/c1-17-13-20-12-11-18(14-23(20)28(17)24(29)19-7-4-3-5-8-19)16-26-25(30)27-21-9-6-10-22(15-21)31-2/h3-12,14-15,17H,13,16H2,1-2H3,(H2,26,27,30). The summed E-state index contributed by atoms with van der Waals surface area (Å²) in [6, 6.07) is 22.3. The van der Waals surface area contributed by atoms with Crippen LogP contribution in [0.3, 0.4) is 0 Å². The first-order valence-corrected chi connectivity index (χ1v) is 10.2. The zero-order valence-corrected chi connectivity index (χ0v) is 17.6. The molecule has 6 nitrogen and oxygen atoms in total. The van der Waals surface area contributed by atoms with Gasteiger partial charge in [0.2, 0.25) is 0 Å². The summed E-state index contributed by atoms with van der Waals surface area (Å²) in [7, 11) is 1.58. The predicted molar refractivity (Wildman–Crippen MR) is 122 cm³/mol. The fraction of sp³-hybridized carbons (Fsp3) is 0.200. The quantitative estimate of drug-likeness (QED) is 0.639. The van der Waals surface area contributed by atoms with E-state index in [2.05, 4.69) is 17.6 Å². The van der Waals surface area contributed by atoms with Gasteiger partial charge in [0.1, 0.15) is 5.75 Å². The Balaban J connectivity index is 1.45. The molecule has 1 aliphatic rings. The second-order valence-corrected chi connectivity index (χ2v) is 7.60. The van der Waals surface area contributed by atoms with Crippen molar-refractivity contribution in [2.45, 2.75) is 25.9 Å². The van der Waals surface area contributed by atoms with Crippen LogP contribution in [0.2, 0.25) is 0 Å². The maximum atomic E-state index is 13.1. The summed E-state index contributed by atoms with van der Waals surface area (Å²) in [5, 5.41) is 5.67. The average molecular weight is 415 g/mol. The Kier molecular flexibility index (Phi) is 5.89. The van der Waals surface area contributed by atoms with Crippen molar-refractivity contribution in [1.82, 2.24) is 5.32 Å². The fourth-order valence-corrected chi connectivity index (χ4v) is 3.85. The smallest absolute Gasteiger partial charge is 0.319 e. The lowest BCUT2D eigenvalue weighted by Crippen LogP contribution is -2.35. The number of urea groups is 1. The van der Waals surface area contributed by atoms with Gasteiger partial charge in [0.05, 0.1) is 7.11 Å². The highest BCUT2D eigenvalue weighted by molar-refractivity contribution is 6.07.